The number of carboxylic acids is 1. The van der Waals surface area contributed by atoms with E-state index in [1.807, 2.05) is 0 Å². The third-order valence-corrected chi connectivity index (χ3v) is 1.48. The molecule has 0 aliphatic rings. The molecule has 0 fully saturated rings. The second kappa shape index (κ2) is 3.65. The molecular weight excluding hydrogens is 199 g/mol. The van der Waals surface area contributed by atoms with Crippen LogP contribution in [0.5, 0.6) is 0 Å². The molecule has 0 saturated heterocycles. The quantitative estimate of drug-likeness (QED) is 0.801. The van der Waals surface area contributed by atoms with E-state index >= 15 is 0 Å². The standard InChI is InChI=1S/C8H6F3NO2/c9-8(10,11)4-5-2-1-3-12-6(5)7(13)14/h1-3H,4H2,(H,13,14). The molecule has 0 saturated carbocycles. The van der Waals surface area contributed by atoms with Crippen LogP contribution in [0.1, 0.15) is 16.1 Å². The van der Waals surface area contributed by atoms with E-state index in [9.17, 15) is 18.0 Å². The van der Waals surface area contributed by atoms with E-state index in [4.69, 9.17) is 5.11 Å². The first-order valence-corrected chi connectivity index (χ1v) is 3.64. The van der Waals surface area contributed by atoms with Gasteiger partial charge in [0.25, 0.3) is 0 Å². The minimum absolute atomic E-state index is 0.326. The number of halogens is 3. The summed E-state index contributed by atoms with van der Waals surface area (Å²) in [4.78, 5) is 13.8. The Balaban J connectivity index is 3.02. The fraction of sp³-hybridized carbons (Fsp3) is 0.250. The Labute approximate surface area is 77.2 Å². The maximum Gasteiger partial charge on any atom is 0.393 e. The zero-order valence-corrected chi connectivity index (χ0v) is 6.88. The summed E-state index contributed by atoms with van der Waals surface area (Å²) in [5.41, 5.74) is -0.877. The number of nitrogens with zero attached hydrogens (tertiary/aromatic N) is 1. The van der Waals surface area contributed by atoms with E-state index in [0.717, 1.165) is 12.3 Å². The van der Waals surface area contributed by atoms with E-state index in [-0.39, 0.29) is 5.56 Å². The Morgan fingerprint density at radius 2 is 2.14 bits per heavy atom. The Hall–Kier alpha value is -1.59. The van der Waals surface area contributed by atoms with Gasteiger partial charge in [0, 0.05) is 6.20 Å². The summed E-state index contributed by atoms with van der Waals surface area (Å²) >= 11 is 0. The highest BCUT2D eigenvalue weighted by Gasteiger charge is 2.30. The lowest BCUT2D eigenvalue weighted by Gasteiger charge is -2.07. The number of alkyl halides is 3. The number of hydrogen-bond acceptors (Lipinski definition) is 2. The van der Waals surface area contributed by atoms with E-state index in [2.05, 4.69) is 4.98 Å². The second-order valence-electron chi connectivity index (χ2n) is 2.61. The molecule has 0 bridgehead atoms. The minimum atomic E-state index is -4.42. The predicted octanol–water partition coefficient (Wildman–Crippen LogP) is 1.88. The summed E-state index contributed by atoms with van der Waals surface area (Å²) in [5, 5.41) is 8.53. The molecule has 1 rings (SSSR count). The van der Waals surface area contributed by atoms with Crippen molar-refractivity contribution in [2.75, 3.05) is 0 Å². The van der Waals surface area contributed by atoms with Gasteiger partial charge in [0.05, 0.1) is 6.42 Å². The smallest absolute Gasteiger partial charge is 0.393 e. The SMILES string of the molecule is O=C(O)c1ncccc1CC(F)(F)F. The summed E-state index contributed by atoms with van der Waals surface area (Å²) in [7, 11) is 0. The Bertz CT molecular complexity index is 349. The van der Waals surface area contributed by atoms with Crippen LogP contribution in [-0.4, -0.2) is 22.2 Å². The number of carbonyl (C=O) groups is 1. The van der Waals surface area contributed by atoms with Gasteiger partial charge in [-0.1, -0.05) is 6.07 Å². The highest BCUT2D eigenvalue weighted by atomic mass is 19.4. The first-order valence-electron chi connectivity index (χ1n) is 3.64. The Morgan fingerprint density at radius 3 is 2.64 bits per heavy atom. The van der Waals surface area contributed by atoms with Gasteiger partial charge in [-0.2, -0.15) is 13.2 Å². The normalized spacial score (nSPS) is 11.4. The van der Waals surface area contributed by atoms with Gasteiger partial charge in [0.2, 0.25) is 0 Å². The molecule has 1 aromatic heterocycles. The third-order valence-electron chi connectivity index (χ3n) is 1.48. The first-order chi connectivity index (χ1) is 6.40. The van der Waals surface area contributed by atoms with Crippen molar-refractivity contribution in [3.8, 4) is 0 Å². The number of pyridine rings is 1. The van der Waals surface area contributed by atoms with Crippen LogP contribution < -0.4 is 0 Å². The fourth-order valence-electron chi connectivity index (χ4n) is 0.990. The molecule has 1 N–H and O–H groups in total. The molecule has 0 aromatic carbocycles. The molecular formula is C8H6F3NO2. The van der Waals surface area contributed by atoms with E-state index in [1.165, 1.54) is 6.07 Å². The van der Waals surface area contributed by atoms with E-state index in [0.29, 0.717) is 0 Å². The molecule has 3 nitrogen and oxygen atoms in total. The maximum atomic E-state index is 12.0. The van der Waals surface area contributed by atoms with Crippen molar-refractivity contribution >= 4 is 5.97 Å². The van der Waals surface area contributed by atoms with Crippen LogP contribution in [0.25, 0.3) is 0 Å². The molecule has 0 atom stereocenters. The fourth-order valence-corrected chi connectivity index (χ4v) is 0.990. The van der Waals surface area contributed by atoms with Crippen molar-refractivity contribution in [3.05, 3.63) is 29.6 Å². The average molecular weight is 205 g/mol. The lowest BCUT2D eigenvalue weighted by atomic mass is 10.1. The Kier molecular flexibility index (Phi) is 2.73. The third kappa shape index (κ3) is 2.72. The summed E-state index contributed by atoms with van der Waals surface area (Å²) < 4.78 is 35.9. The molecule has 76 valence electrons. The van der Waals surface area contributed by atoms with Crippen LogP contribution in [-0.2, 0) is 6.42 Å². The number of rotatable bonds is 2. The molecule has 0 spiro atoms. The van der Waals surface area contributed by atoms with Crippen molar-refractivity contribution in [1.29, 1.82) is 0 Å². The van der Waals surface area contributed by atoms with Crippen molar-refractivity contribution in [2.45, 2.75) is 12.6 Å². The molecule has 1 heterocycles. The molecule has 0 amide bonds. The van der Waals surface area contributed by atoms with Gasteiger partial charge < -0.3 is 5.11 Å². The highest BCUT2D eigenvalue weighted by molar-refractivity contribution is 5.86. The predicted molar refractivity (Wildman–Crippen MR) is 41.0 cm³/mol. The van der Waals surface area contributed by atoms with Gasteiger partial charge in [-0.3, -0.25) is 0 Å². The van der Waals surface area contributed by atoms with Crippen molar-refractivity contribution < 1.29 is 23.1 Å². The first kappa shape index (κ1) is 10.5. The molecule has 0 unspecified atom stereocenters. The monoisotopic (exact) mass is 205 g/mol. The maximum absolute atomic E-state index is 12.0. The second-order valence-corrected chi connectivity index (χ2v) is 2.61. The minimum Gasteiger partial charge on any atom is -0.477 e. The van der Waals surface area contributed by atoms with Gasteiger partial charge in [-0.05, 0) is 11.6 Å². The van der Waals surface area contributed by atoms with Gasteiger partial charge in [0.1, 0.15) is 0 Å². The zero-order valence-electron chi connectivity index (χ0n) is 6.88. The van der Waals surface area contributed by atoms with Gasteiger partial charge in [-0.15, -0.1) is 0 Å². The summed E-state index contributed by atoms with van der Waals surface area (Å²) in [6, 6.07) is 2.37. The van der Waals surface area contributed by atoms with Crippen LogP contribution in [0.3, 0.4) is 0 Å². The summed E-state index contributed by atoms with van der Waals surface area (Å²) in [6.07, 6.45) is -4.56. The number of aromatic nitrogens is 1. The lowest BCUT2D eigenvalue weighted by Crippen LogP contribution is -2.15. The molecule has 6 heteroatoms. The van der Waals surface area contributed by atoms with Gasteiger partial charge in [0.15, 0.2) is 5.69 Å². The molecule has 1 aromatic rings. The van der Waals surface area contributed by atoms with Gasteiger partial charge >= 0.3 is 12.1 Å². The van der Waals surface area contributed by atoms with Crippen LogP contribution in [0.4, 0.5) is 13.2 Å². The zero-order chi connectivity index (χ0) is 10.8. The van der Waals surface area contributed by atoms with E-state index < -0.39 is 24.3 Å². The van der Waals surface area contributed by atoms with Crippen LogP contribution in [0.15, 0.2) is 18.3 Å². The number of aromatic carboxylic acids is 1. The van der Waals surface area contributed by atoms with Crippen molar-refractivity contribution in [3.63, 3.8) is 0 Å². The van der Waals surface area contributed by atoms with Crippen LogP contribution >= 0.6 is 0 Å². The summed E-state index contributed by atoms with van der Waals surface area (Å²) in [5.74, 6) is -1.45. The van der Waals surface area contributed by atoms with Crippen molar-refractivity contribution in [1.82, 2.24) is 4.98 Å². The number of carboxylic acid groups (broad SMARTS) is 1. The van der Waals surface area contributed by atoms with Crippen LogP contribution in [0.2, 0.25) is 0 Å². The van der Waals surface area contributed by atoms with Gasteiger partial charge in [-0.25, -0.2) is 9.78 Å². The lowest BCUT2D eigenvalue weighted by molar-refractivity contribution is -0.127. The molecule has 0 aliphatic carbocycles. The van der Waals surface area contributed by atoms with Crippen molar-refractivity contribution in [2.24, 2.45) is 0 Å². The number of hydrogen-bond donors (Lipinski definition) is 1. The average Bonchev–Trinajstić information content (AvgIpc) is 2.01. The molecule has 14 heavy (non-hydrogen) atoms. The topological polar surface area (TPSA) is 50.2 Å². The largest absolute Gasteiger partial charge is 0.477 e. The Morgan fingerprint density at radius 1 is 1.50 bits per heavy atom. The molecule has 0 aliphatic heterocycles. The molecule has 0 radical (unpaired) electrons. The van der Waals surface area contributed by atoms with E-state index in [1.54, 1.807) is 0 Å². The summed E-state index contributed by atoms with van der Waals surface area (Å²) in [6.45, 7) is 0. The highest BCUT2D eigenvalue weighted by Crippen LogP contribution is 2.22. The van der Waals surface area contributed by atoms with Crippen LogP contribution in [0, 0.1) is 0 Å².